The maximum Gasteiger partial charge on any atom is 0.308 e. The molecule has 0 unspecified atom stereocenters. The van der Waals surface area contributed by atoms with E-state index in [9.17, 15) is 14.4 Å². The number of amides is 1. The van der Waals surface area contributed by atoms with E-state index in [2.05, 4.69) is 5.32 Å². The van der Waals surface area contributed by atoms with Crippen molar-refractivity contribution < 1.29 is 23.9 Å². The normalized spacial score (nSPS) is 9.95. The molecule has 0 aliphatic carbocycles. The van der Waals surface area contributed by atoms with E-state index in [4.69, 9.17) is 15.2 Å². The molecule has 7 nitrogen and oxygen atoms in total. The number of hydrogen-bond donors (Lipinski definition) is 2. The molecule has 0 radical (unpaired) electrons. The Balaban J connectivity index is 3.04. The first-order chi connectivity index (χ1) is 10.3. The summed E-state index contributed by atoms with van der Waals surface area (Å²) in [5.74, 6) is -0.857. The maximum absolute atomic E-state index is 11.5. The van der Waals surface area contributed by atoms with Crippen LogP contribution in [-0.4, -0.2) is 24.5 Å². The van der Waals surface area contributed by atoms with Crippen LogP contribution in [0.3, 0.4) is 0 Å². The molecule has 0 saturated carbocycles. The lowest BCUT2D eigenvalue weighted by atomic mass is 10.1. The Kier molecular flexibility index (Phi) is 6.37. The molecule has 0 atom stereocenters. The third-order valence-electron chi connectivity index (χ3n) is 2.70. The topological polar surface area (TPSA) is 108 Å². The average molecular weight is 308 g/mol. The van der Waals surface area contributed by atoms with Crippen molar-refractivity contribution in [3.63, 3.8) is 0 Å². The number of nitrogens with one attached hydrogen (secondary N) is 1. The molecule has 3 N–H and O–H groups in total. The number of aryl methyl sites for hydroxylation is 1. The lowest BCUT2D eigenvalue weighted by Crippen LogP contribution is -2.12. The summed E-state index contributed by atoms with van der Waals surface area (Å²) >= 11 is 0. The van der Waals surface area contributed by atoms with Crippen molar-refractivity contribution in [3.05, 3.63) is 17.7 Å². The molecular weight excluding hydrogens is 288 g/mol. The fourth-order valence-electron chi connectivity index (χ4n) is 1.85. The smallest absolute Gasteiger partial charge is 0.308 e. The van der Waals surface area contributed by atoms with Crippen LogP contribution in [0.25, 0.3) is 0 Å². The van der Waals surface area contributed by atoms with Crippen molar-refractivity contribution in [1.82, 2.24) is 0 Å². The summed E-state index contributed by atoms with van der Waals surface area (Å²) in [5, 5.41) is 2.59. The van der Waals surface area contributed by atoms with Crippen LogP contribution < -0.4 is 15.8 Å². The molecule has 0 aliphatic rings. The second-order valence-corrected chi connectivity index (χ2v) is 4.63. The summed E-state index contributed by atoms with van der Waals surface area (Å²) in [4.78, 5) is 33.8. The minimum absolute atomic E-state index is 0.130. The molecule has 0 aliphatic heterocycles. The van der Waals surface area contributed by atoms with Crippen molar-refractivity contribution in [2.45, 2.75) is 33.6 Å². The molecule has 1 aromatic carbocycles. The Labute approximate surface area is 128 Å². The number of rotatable bonds is 6. The van der Waals surface area contributed by atoms with Crippen LogP contribution in [0.4, 0.5) is 11.4 Å². The molecule has 7 heteroatoms. The third-order valence-corrected chi connectivity index (χ3v) is 2.70. The summed E-state index contributed by atoms with van der Waals surface area (Å²) in [5.41, 5.74) is 7.08. The van der Waals surface area contributed by atoms with Gasteiger partial charge in [0.15, 0.2) is 0 Å². The van der Waals surface area contributed by atoms with Crippen LogP contribution in [0.1, 0.15) is 32.8 Å². The quantitative estimate of drug-likeness (QED) is 0.470. The number of ether oxygens (including phenoxy) is 2. The minimum Gasteiger partial charge on any atom is -0.466 e. The van der Waals surface area contributed by atoms with Crippen molar-refractivity contribution in [2.24, 2.45) is 0 Å². The van der Waals surface area contributed by atoms with Gasteiger partial charge in [0.2, 0.25) is 5.91 Å². The van der Waals surface area contributed by atoms with Crippen LogP contribution in [0.5, 0.6) is 5.75 Å². The molecule has 1 aromatic rings. The van der Waals surface area contributed by atoms with E-state index >= 15 is 0 Å². The monoisotopic (exact) mass is 308 g/mol. The van der Waals surface area contributed by atoms with E-state index in [1.54, 1.807) is 13.0 Å². The Morgan fingerprint density at radius 1 is 1.23 bits per heavy atom. The zero-order valence-corrected chi connectivity index (χ0v) is 12.9. The first-order valence-corrected chi connectivity index (χ1v) is 6.87. The molecular formula is C15H20N2O5. The molecule has 22 heavy (non-hydrogen) atoms. The first-order valence-electron chi connectivity index (χ1n) is 6.87. The predicted octanol–water partition coefficient (Wildman–Crippen LogP) is 1.65. The maximum atomic E-state index is 11.5. The number of carbonyl (C=O) groups excluding carboxylic acids is 3. The fourth-order valence-corrected chi connectivity index (χ4v) is 1.85. The molecule has 0 bridgehead atoms. The molecule has 0 heterocycles. The van der Waals surface area contributed by atoms with Crippen molar-refractivity contribution >= 4 is 29.2 Å². The van der Waals surface area contributed by atoms with Crippen molar-refractivity contribution in [3.8, 4) is 5.75 Å². The average Bonchev–Trinajstić information content (AvgIpc) is 2.39. The zero-order valence-electron chi connectivity index (χ0n) is 12.9. The largest absolute Gasteiger partial charge is 0.466 e. The Bertz CT molecular complexity index is 584. The molecule has 0 aromatic heterocycles. The van der Waals surface area contributed by atoms with Gasteiger partial charge < -0.3 is 20.5 Å². The second-order valence-electron chi connectivity index (χ2n) is 4.63. The summed E-state index contributed by atoms with van der Waals surface area (Å²) < 4.78 is 9.96. The highest BCUT2D eigenvalue weighted by Gasteiger charge is 2.14. The molecule has 120 valence electrons. The highest BCUT2D eigenvalue weighted by molar-refractivity contribution is 5.92. The SMILES string of the molecule is CCOC(=O)CCc1cc(NC(C)=O)c(N)cc1OC(C)=O. The lowest BCUT2D eigenvalue weighted by molar-refractivity contribution is -0.143. The van der Waals surface area contributed by atoms with Gasteiger partial charge in [0.25, 0.3) is 0 Å². The number of esters is 2. The third kappa shape index (κ3) is 5.43. The van der Waals surface area contributed by atoms with Crippen molar-refractivity contribution in [2.75, 3.05) is 17.7 Å². The van der Waals surface area contributed by atoms with Gasteiger partial charge in [0.1, 0.15) is 5.75 Å². The van der Waals surface area contributed by atoms with Crippen LogP contribution in [-0.2, 0) is 25.5 Å². The molecule has 1 rings (SSSR count). The predicted molar refractivity (Wildman–Crippen MR) is 81.4 cm³/mol. The van der Waals surface area contributed by atoms with Gasteiger partial charge >= 0.3 is 11.9 Å². The number of anilines is 2. The Morgan fingerprint density at radius 2 is 1.91 bits per heavy atom. The van der Waals surface area contributed by atoms with Crippen LogP contribution in [0, 0.1) is 0 Å². The van der Waals surface area contributed by atoms with Crippen LogP contribution in [0.15, 0.2) is 12.1 Å². The van der Waals surface area contributed by atoms with Crippen LogP contribution in [0.2, 0.25) is 0 Å². The van der Waals surface area contributed by atoms with Gasteiger partial charge in [-0.25, -0.2) is 0 Å². The first kappa shape index (κ1) is 17.5. The number of carbonyl (C=O) groups is 3. The number of nitrogens with two attached hydrogens (primary N) is 1. The summed E-state index contributed by atoms with van der Waals surface area (Å²) in [7, 11) is 0. The van der Waals surface area contributed by atoms with Gasteiger partial charge in [-0.15, -0.1) is 0 Å². The lowest BCUT2D eigenvalue weighted by Gasteiger charge is -2.14. The van der Waals surface area contributed by atoms with Gasteiger partial charge in [-0.05, 0) is 25.0 Å². The van der Waals surface area contributed by atoms with Crippen molar-refractivity contribution in [1.29, 1.82) is 0 Å². The summed E-state index contributed by atoms with van der Waals surface area (Å²) in [6.07, 6.45) is 0.430. The van der Waals surface area contributed by atoms with Gasteiger partial charge in [-0.3, -0.25) is 14.4 Å². The number of hydrogen-bond acceptors (Lipinski definition) is 6. The van der Waals surface area contributed by atoms with E-state index in [1.807, 2.05) is 0 Å². The number of benzene rings is 1. The minimum atomic E-state index is -0.496. The highest BCUT2D eigenvalue weighted by Crippen LogP contribution is 2.30. The van der Waals surface area contributed by atoms with E-state index < -0.39 is 5.97 Å². The zero-order chi connectivity index (χ0) is 16.7. The van der Waals surface area contributed by atoms with Gasteiger partial charge in [-0.1, -0.05) is 0 Å². The van der Waals surface area contributed by atoms with E-state index in [-0.39, 0.29) is 29.7 Å². The molecule has 0 spiro atoms. The summed E-state index contributed by atoms with van der Waals surface area (Å²) in [6, 6.07) is 3.04. The van der Waals surface area contributed by atoms with E-state index in [0.29, 0.717) is 24.3 Å². The van der Waals surface area contributed by atoms with Crippen LogP contribution >= 0.6 is 0 Å². The van der Waals surface area contributed by atoms with E-state index in [1.165, 1.54) is 19.9 Å². The second kappa shape index (κ2) is 8.02. The Morgan fingerprint density at radius 3 is 2.45 bits per heavy atom. The molecule has 0 saturated heterocycles. The Hall–Kier alpha value is -2.57. The molecule has 0 fully saturated rings. The standard InChI is InChI=1S/C15H20N2O5/c1-4-21-15(20)6-5-11-7-13(17-9(2)18)12(16)8-14(11)22-10(3)19/h7-8H,4-6,16H2,1-3H3,(H,17,18). The van der Waals surface area contributed by atoms with Gasteiger partial charge in [-0.2, -0.15) is 0 Å². The van der Waals surface area contributed by atoms with Gasteiger partial charge in [0, 0.05) is 26.3 Å². The molecule has 1 amide bonds. The van der Waals surface area contributed by atoms with Gasteiger partial charge in [0.05, 0.1) is 18.0 Å². The van der Waals surface area contributed by atoms with E-state index in [0.717, 1.165) is 0 Å². The summed E-state index contributed by atoms with van der Waals surface area (Å²) in [6.45, 7) is 4.65. The fraction of sp³-hybridized carbons (Fsp3) is 0.400. The number of nitrogen functional groups attached to an aromatic ring is 1. The highest BCUT2D eigenvalue weighted by atomic mass is 16.5.